The van der Waals surface area contributed by atoms with Gasteiger partial charge in [-0.2, -0.15) is 0 Å². The van der Waals surface area contributed by atoms with E-state index in [-0.39, 0.29) is 16.0 Å². The van der Waals surface area contributed by atoms with Crippen molar-refractivity contribution in [1.82, 2.24) is 4.90 Å². The van der Waals surface area contributed by atoms with E-state index in [0.717, 1.165) is 32.8 Å². The third-order valence-electron chi connectivity index (χ3n) is 2.27. The quantitative estimate of drug-likeness (QED) is 0.752. The van der Waals surface area contributed by atoms with Gasteiger partial charge in [0, 0.05) is 19.6 Å². The number of halogens is 2. The molecule has 1 aliphatic heterocycles. The number of nitrogens with zero attached hydrogens (tertiary/aromatic N) is 1. The van der Waals surface area contributed by atoms with Crippen LogP contribution in [0.2, 0.25) is 0 Å². The molecule has 0 bridgehead atoms. The van der Waals surface area contributed by atoms with Gasteiger partial charge in [0.15, 0.2) is 0 Å². The van der Waals surface area contributed by atoms with Crippen molar-refractivity contribution < 1.29 is 4.74 Å². The minimum Gasteiger partial charge on any atom is -0.379 e. The van der Waals surface area contributed by atoms with Crippen LogP contribution in [0, 0.1) is 6.07 Å². The number of morpholine rings is 1. The highest BCUT2D eigenvalue weighted by atomic mass is 79.9. The van der Waals surface area contributed by atoms with Gasteiger partial charge in [0.05, 0.1) is 13.2 Å². The second-order valence-electron chi connectivity index (χ2n) is 3.38. The number of hydrogen-bond acceptors (Lipinski definition) is 2. The molecule has 0 spiro atoms. The first kappa shape index (κ1) is 14.9. The van der Waals surface area contributed by atoms with Gasteiger partial charge in [-0.3, -0.25) is 30.7 Å². The monoisotopic (exact) mass is 358 g/mol. The van der Waals surface area contributed by atoms with E-state index in [2.05, 4.69) is 48.9 Å². The predicted octanol–water partition coefficient (Wildman–Crippen LogP) is 2.63. The van der Waals surface area contributed by atoms with E-state index in [0.29, 0.717) is 0 Å². The second kappa shape index (κ2) is 9.85. The summed E-state index contributed by atoms with van der Waals surface area (Å²) in [4.78, 5) is 2.40. The van der Waals surface area contributed by atoms with Crippen LogP contribution in [0.15, 0.2) is 24.3 Å². The summed E-state index contributed by atoms with van der Waals surface area (Å²) in [6, 6.07) is 11.4. The summed E-state index contributed by atoms with van der Waals surface area (Å²) in [5.74, 6) is 0. The lowest BCUT2D eigenvalue weighted by Gasteiger charge is -2.26. The molecule has 2 nitrogen and oxygen atoms in total. The lowest BCUT2D eigenvalue weighted by molar-refractivity contribution is 0.0341. The van der Waals surface area contributed by atoms with E-state index in [1.54, 1.807) is 0 Å². The van der Waals surface area contributed by atoms with E-state index in [9.17, 15) is 0 Å². The Labute approximate surface area is 119 Å². The zero-order valence-corrected chi connectivity index (χ0v) is 13.7. The average molecular weight is 360 g/mol. The maximum absolute atomic E-state index is 5.29. The van der Waals surface area contributed by atoms with Crippen molar-refractivity contribution in [2.45, 2.75) is 6.54 Å². The van der Waals surface area contributed by atoms with Gasteiger partial charge in [-0.15, -0.1) is 0 Å². The fourth-order valence-corrected chi connectivity index (χ4v) is 1.53. The molecule has 85 valence electrons. The Morgan fingerprint density at radius 1 is 1.31 bits per heavy atom. The van der Waals surface area contributed by atoms with E-state index < -0.39 is 0 Å². The molecule has 1 aromatic rings. The third-order valence-corrected chi connectivity index (χ3v) is 2.27. The maximum Gasteiger partial charge on any atom is 0.560 e. The Kier molecular flexibility index (Phi) is 9.19. The molecule has 0 atom stereocenters. The Morgan fingerprint density at radius 2 is 2.00 bits per heavy atom. The van der Waals surface area contributed by atoms with Crippen LogP contribution in [0.3, 0.4) is 0 Å². The summed E-state index contributed by atoms with van der Waals surface area (Å²) in [5.41, 5.74) is 1.27. The molecule has 0 amide bonds. The molecule has 16 heavy (non-hydrogen) atoms. The average Bonchev–Trinajstić information content (AvgIpc) is 2.33. The first-order valence-electron chi connectivity index (χ1n) is 5.24. The predicted molar refractivity (Wildman–Crippen MR) is 75.0 cm³/mol. The number of rotatable bonds is 2. The molecule has 5 heteroatoms. The maximum atomic E-state index is 5.29. The summed E-state index contributed by atoms with van der Waals surface area (Å²) < 4.78 is 5.29. The summed E-state index contributed by atoms with van der Waals surface area (Å²) in [5, 5.41) is 0. The zero-order valence-electron chi connectivity index (χ0n) is 9.16. The van der Waals surface area contributed by atoms with Crippen molar-refractivity contribution in [3.8, 4) is 0 Å². The second-order valence-corrected chi connectivity index (χ2v) is 11.5. The summed E-state index contributed by atoms with van der Waals surface area (Å²) in [6.07, 6.45) is 0. The molecule has 1 aliphatic rings. The minimum absolute atomic E-state index is 0.0417. The molecular weight excluding hydrogens is 346 g/mol. The van der Waals surface area contributed by atoms with E-state index >= 15 is 0 Å². The largest absolute Gasteiger partial charge is 0.560 e. The Balaban J connectivity index is 0.000000386. The van der Waals surface area contributed by atoms with E-state index in [1.807, 2.05) is 12.1 Å². The van der Waals surface area contributed by atoms with Gasteiger partial charge in [-0.25, -0.2) is 0 Å². The Hall–Kier alpha value is 0.866. The van der Waals surface area contributed by atoms with Gasteiger partial charge in [0.25, 0.3) is 0 Å². The van der Waals surface area contributed by atoms with Crippen LogP contribution in [0.5, 0.6) is 0 Å². The summed E-state index contributed by atoms with van der Waals surface area (Å²) in [7, 11) is 0. The summed E-state index contributed by atoms with van der Waals surface area (Å²) in [6.45, 7) is 4.83. The minimum atomic E-state index is 0.0417. The molecule has 1 heterocycles. The molecule has 1 fully saturated rings. The fourth-order valence-electron chi connectivity index (χ4n) is 1.53. The zero-order chi connectivity index (χ0) is 11.6. The van der Waals surface area contributed by atoms with Crippen LogP contribution in [0.25, 0.3) is 0 Å². The van der Waals surface area contributed by atoms with E-state index in [4.69, 9.17) is 4.74 Å². The molecule has 1 radical (unpaired) electrons. The normalized spacial score (nSPS) is 15.9. The molecule has 2 rings (SSSR count). The van der Waals surface area contributed by atoms with Gasteiger partial charge in [-0.1, -0.05) is 24.3 Å². The molecule has 0 aliphatic carbocycles. The number of benzene rings is 1. The van der Waals surface area contributed by atoms with Crippen molar-refractivity contribution in [1.29, 1.82) is 0 Å². The van der Waals surface area contributed by atoms with Gasteiger partial charge in [0.2, 0.25) is 0 Å². The molecule has 0 N–H and O–H groups in total. The van der Waals surface area contributed by atoms with Crippen molar-refractivity contribution in [2.24, 2.45) is 0 Å². The van der Waals surface area contributed by atoms with Gasteiger partial charge in [-0.05, 0) is 11.6 Å². The fraction of sp³-hybridized carbons (Fsp3) is 0.455. The topological polar surface area (TPSA) is 12.5 Å². The molecule has 1 saturated heterocycles. The molecule has 0 saturated carbocycles. The van der Waals surface area contributed by atoms with E-state index in [1.165, 1.54) is 5.56 Å². The highest BCUT2D eigenvalue weighted by Crippen LogP contribution is 2.05. The first-order valence-corrected chi connectivity index (χ1v) is 13.0. The van der Waals surface area contributed by atoms with Crippen LogP contribution in [-0.2, 0) is 11.3 Å². The highest BCUT2D eigenvalue weighted by molar-refractivity contribution is 9.47. The highest BCUT2D eigenvalue weighted by Gasteiger charge is 2.09. The summed E-state index contributed by atoms with van der Waals surface area (Å²) >= 11 is 6.44. The Bertz CT molecular complexity index is 268. The van der Waals surface area contributed by atoms with Crippen LogP contribution in [0.1, 0.15) is 5.56 Å². The number of ether oxygens (including phenoxy) is 1. The van der Waals surface area contributed by atoms with Crippen molar-refractivity contribution in [3.63, 3.8) is 0 Å². The molecule has 1 aromatic carbocycles. The van der Waals surface area contributed by atoms with Crippen molar-refractivity contribution >= 4 is 41.8 Å². The van der Waals surface area contributed by atoms with Crippen LogP contribution in [0.4, 0.5) is 0 Å². The number of hydrogen-bond donors (Lipinski definition) is 0. The van der Waals surface area contributed by atoms with Crippen LogP contribution < -0.4 is 0 Å². The van der Waals surface area contributed by atoms with Gasteiger partial charge >= 0.3 is 16.0 Å². The Morgan fingerprint density at radius 3 is 2.56 bits per heavy atom. The lowest BCUT2D eigenvalue weighted by Crippen LogP contribution is -2.35. The molecular formula is C11H14Br2MgNO. The molecule has 0 aromatic heterocycles. The SMILES string of the molecule is [Br][Mg][Br].[c]1ccccc1CN1CCOCC1. The standard InChI is InChI=1S/C11H14NO.2BrH.Mg/c1-2-4-11(5-3-1)10-12-6-8-13-9-7-12;;;/h1-4H,6-10H2;2*1H;/q;;;+2/p-2. The van der Waals surface area contributed by atoms with Gasteiger partial charge < -0.3 is 4.74 Å². The van der Waals surface area contributed by atoms with Crippen LogP contribution in [-0.4, -0.2) is 47.2 Å². The van der Waals surface area contributed by atoms with Crippen LogP contribution >= 0.6 is 25.8 Å². The van der Waals surface area contributed by atoms with Crippen molar-refractivity contribution in [2.75, 3.05) is 26.3 Å². The third kappa shape index (κ3) is 6.56. The van der Waals surface area contributed by atoms with Crippen molar-refractivity contribution in [3.05, 3.63) is 35.9 Å². The smallest absolute Gasteiger partial charge is 0.379 e. The molecule has 0 unspecified atom stereocenters. The lowest BCUT2D eigenvalue weighted by atomic mass is 10.2. The first-order chi connectivity index (χ1) is 7.86. The van der Waals surface area contributed by atoms with Gasteiger partial charge in [0.1, 0.15) is 0 Å².